The normalized spacial score (nSPS) is 20.1. The van der Waals surface area contributed by atoms with Crippen LogP contribution in [0, 0.1) is 21.8 Å². The number of amides is 1. The Hall–Kier alpha value is -3.12. The van der Waals surface area contributed by atoms with Gasteiger partial charge in [0.15, 0.2) is 0 Å². The van der Waals surface area contributed by atoms with Crippen LogP contribution >= 0.6 is 11.6 Å². The summed E-state index contributed by atoms with van der Waals surface area (Å²) < 4.78 is 59.6. The van der Waals surface area contributed by atoms with Gasteiger partial charge in [-0.05, 0) is 61.9 Å². The van der Waals surface area contributed by atoms with Crippen molar-refractivity contribution in [3.05, 3.63) is 62.9 Å². The number of nitrogens with one attached hydrogen (secondary N) is 1. The molecular formula is C26H29ClF4N4O4. The lowest BCUT2D eigenvalue weighted by molar-refractivity contribution is -0.388. The molecule has 1 heterocycles. The number of ether oxygens (including phenoxy) is 1. The zero-order valence-electron chi connectivity index (χ0n) is 21.1. The van der Waals surface area contributed by atoms with Crippen molar-refractivity contribution in [3.63, 3.8) is 0 Å². The third kappa shape index (κ3) is 7.51. The molecule has 0 radical (unpaired) electrons. The molecule has 1 aliphatic carbocycles. The Balaban J connectivity index is 1.17. The van der Waals surface area contributed by atoms with Gasteiger partial charge in [-0.3, -0.25) is 14.9 Å². The Morgan fingerprint density at radius 2 is 1.77 bits per heavy atom. The van der Waals surface area contributed by atoms with Crippen molar-refractivity contribution in [1.29, 1.82) is 0 Å². The third-order valence-electron chi connectivity index (χ3n) is 7.21. The Morgan fingerprint density at radius 1 is 1.08 bits per heavy atom. The zero-order valence-corrected chi connectivity index (χ0v) is 21.8. The number of nitrogens with zero attached hydrogens (tertiary/aromatic N) is 3. The van der Waals surface area contributed by atoms with Gasteiger partial charge in [-0.1, -0.05) is 11.6 Å². The van der Waals surface area contributed by atoms with Crippen molar-refractivity contribution < 1.29 is 32.0 Å². The molecule has 0 atom stereocenters. The summed E-state index contributed by atoms with van der Waals surface area (Å²) in [6.45, 7) is 2.32. The van der Waals surface area contributed by atoms with Crippen molar-refractivity contribution in [2.24, 2.45) is 5.92 Å². The van der Waals surface area contributed by atoms with E-state index in [-0.39, 0.29) is 30.2 Å². The molecule has 1 saturated carbocycles. The Kier molecular flexibility index (Phi) is 9.16. The van der Waals surface area contributed by atoms with E-state index in [2.05, 4.69) is 5.32 Å². The number of rotatable bonds is 8. The summed E-state index contributed by atoms with van der Waals surface area (Å²) in [6.07, 6.45) is -1.91. The van der Waals surface area contributed by atoms with E-state index in [0.717, 1.165) is 37.8 Å². The van der Waals surface area contributed by atoms with Gasteiger partial charge in [-0.2, -0.15) is 13.2 Å². The topological polar surface area (TPSA) is 87.9 Å². The SMILES string of the molecule is O=C(COC1CCC(CNc2ccc([N+](=O)[O-])c(C(F)(F)F)c2)CC1)N1CCN(c2ccc(Cl)cc2F)CC1. The fraction of sp³-hybridized carbons (Fsp3) is 0.500. The number of alkyl halides is 3. The smallest absolute Gasteiger partial charge is 0.385 e. The van der Waals surface area contributed by atoms with Crippen molar-refractivity contribution in [2.45, 2.75) is 38.0 Å². The van der Waals surface area contributed by atoms with E-state index in [1.807, 2.05) is 4.90 Å². The van der Waals surface area contributed by atoms with Crippen LogP contribution < -0.4 is 10.2 Å². The first kappa shape index (κ1) is 28.9. The van der Waals surface area contributed by atoms with Crippen LogP contribution in [0.15, 0.2) is 36.4 Å². The molecule has 0 spiro atoms. The summed E-state index contributed by atoms with van der Waals surface area (Å²) in [6, 6.07) is 7.45. The minimum atomic E-state index is -4.82. The number of hydrogen-bond acceptors (Lipinski definition) is 6. The maximum Gasteiger partial charge on any atom is 0.423 e. The lowest BCUT2D eigenvalue weighted by Crippen LogP contribution is -2.50. The molecule has 2 aliphatic rings. The molecule has 212 valence electrons. The van der Waals surface area contributed by atoms with E-state index in [9.17, 15) is 32.5 Å². The van der Waals surface area contributed by atoms with Crippen molar-refractivity contribution in [1.82, 2.24) is 4.90 Å². The van der Waals surface area contributed by atoms with Gasteiger partial charge in [0.2, 0.25) is 5.91 Å². The molecule has 0 aromatic heterocycles. The van der Waals surface area contributed by atoms with Gasteiger partial charge in [0, 0.05) is 49.5 Å². The third-order valence-corrected chi connectivity index (χ3v) is 7.45. The molecular weight excluding hydrogens is 544 g/mol. The average molecular weight is 573 g/mol. The zero-order chi connectivity index (χ0) is 28.2. The highest BCUT2D eigenvalue weighted by Crippen LogP contribution is 2.38. The first-order chi connectivity index (χ1) is 18.5. The monoisotopic (exact) mass is 572 g/mol. The van der Waals surface area contributed by atoms with Crippen molar-refractivity contribution in [2.75, 3.05) is 49.5 Å². The van der Waals surface area contributed by atoms with Crippen LogP contribution in [-0.4, -0.2) is 61.2 Å². The molecule has 13 heteroatoms. The Labute approximate surface area is 228 Å². The fourth-order valence-corrected chi connectivity index (χ4v) is 5.17. The van der Waals surface area contributed by atoms with Gasteiger partial charge in [0.05, 0.1) is 16.7 Å². The molecule has 1 aliphatic heterocycles. The molecule has 2 fully saturated rings. The Bertz CT molecular complexity index is 1180. The molecule has 8 nitrogen and oxygen atoms in total. The summed E-state index contributed by atoms with van der Waals surface area (Å²) in [7, 11) is 0. The number of halogens is 5. The van der Waals surface area contributed by atoms with Gasteiger partial charge >= 0.3 is 6.18 Å². The first-order valence-corrected chi connectivity index (χ1v) is 13.1. The summed E-state index contributed by atoms with van der Waals surface area (Å²) in [5.74, 6) is -0.310. The van der Waals surface area contributed by atoms with E-state index in [1.54, 1.807) is 17.0 Å². The van der Waals surface area contributed by atoms with Gasteiger partial charge in [-0.25, -0.2) is 4.39 Å². The van der Waals surface area contributed by atoms with E-state index in [4.69, 9.17) is 16.3 Å². The number of nitro benzene ring substituents is 1. The summed E-state index contributed by atoms with van der Waals surface area (Å²) >= 11 is 5.82. The molecule has 1 saturated heterocycles. The summed E-state index contributed by atoms with van der Waals surface area (Å²) in [4.78, 5) is 26.1. The van der Waals surface area contributed by atoms with Gasteiger partial charge in [0.1, 0.15) is 18.0 Å². The standard InChI is InChI=1S/C26H29ClF4N4O4/c27-18-3-7-24(22(28)13-18)33-9-11-34(12-10-33)25(36)16-39-20-5-1-17(2-6-20)15-32-19-4-8-23(35(37)38)21(14-19)26(29,30)31/h3-4,7-8,13-14,17,20,32H,1-2,5-6,9-12,15-16H2. The lowest BCUT2D eigenvalue weighted by atomic mass is 9.87. The number of carbonyl (C=O) groups excluding carboxylic acids is 1. The lowest BCUT2D eigenvalue weighted by Gasteiger charge is -2.36. The highest BCUT2D eigenvalue weighted by Gasteiger charge is 2.38. The molecule has 2 aromatic rings. The van der Waals surface area contributed by atoms with Crippen molar-refractivity contribution >= 4 is 34.6 Å². The number of carbonyl (C=O) groups is 1. The van der Waals surface area contributed by atoms with E-state index >= 15 is 0 Å². The minimum absolute atomic E-state index is 0.0358. The second kappa shape index (κ2) is 12.4. The molecule has 39 heavy (non-hydrogen) atoms. The molecule has 2 aromatic carbocycles. The van der Waals surface area contributed by atoms with E-state index < -0.39 is 28.2 Å². The van der Waals surface area contributed by atoms with Gasteiger partial charge in [-0.15, -0.1) is 0 Å². The van der Waals surface area contributed by atoms with Gasteiger partial charge < -0.3 is 19.9 Å². The van der Waals surface area contributed by atoms with E-state index in [0.29, 0.717) is 43.4 Å². The molecule has 0 unspecified atom stereocenters. The maximum atomic E-state index is 14.2. The highest BCUT2D eigenvalue weighted by molar-refractivity contribution is 6.30. The van der Waals surface area contributed by atoms with Crippen LogP contribution in [0.5, 0.6) is 0 Å². The number of nitro groups is 1. The number of anilines is 2. The summed E-state index contributed by atoms with van der Waals surface area (Å²) in [5, 5.41) is 14.2. The fourth-order valence-electron chi connectivity index (χ4n) is 5.01. The van der Waals surface area contributed by atoms with E-state index in [1.165, 1.54) is 12.1 Å². The maximum absolute atomic E-state index is 14.2. The second-order valence-electron chi connectivity index (χ2n) is 9.79. The first-order valence-electron chi connectivity index (χ1n) is 12.7. The van der Waals surface area contributed by atoms with Crippen molar-refractivity contribution in [3.8, 4) is 0 Å². The molecule has 1 amide bonds. The quantitative estimate of drug-likeness (QED) is 0.246. The average Bonchev–Trinajstić information content (AvgIpc) is 2.90. The number of piperazine rings is 1. The predicted molar refractivity (Wildman–Crippen MR) is 138 cm³/mol. The highest BCUT2D eigenvalue weighted by atomic mass is 35.5. The summed E-state index contributed by atoms with van der Waals surface area (Å²) in [5.41, 5.74) is -1.62. The molecule has 1 N–H and O–H groups in total. The van der Waals surface area contributed by atoms with Crippen LogP contribution in [-0.2, 0) is 15.7 Å². The second-order valence-corrected chi connectivity index (χ2v) is 10.2. The van der Waals surface area contributed by atoms with Crippen LogP contribution in [0.4, 0.5) is 34.6 Å². The Morgan fingerprint density at radius 3 is 2.38 bits per heavy atom. The molecule has 4 rings (SSSR count). The predicted octanol–water partition coefficient (Wildman–Crippen LogP) is 5.74. The van der Waals surface area contributed by atoms with Crippen LogP contribution in [0.1, 0.15) is 31.2 Å². The largest absolute Gasteiger partial charge is 0.423 e. The van der Waals surface area contributed by atoms with Crippen LogP contribution in [0.25, 0.3) is 0 Å². The van der Waals surface area contributed by atoms with Gasteiger partial charge in [0.25, 0.3) is 5.69 Å². The van der Waals surface area contributed by atoms with Crippen LogP contribution in [0.2, 0.25) is 5.02 Å². The number of benzene rings is 2. The van der Waals surface area contributed by atoms with Crippen LogP contribution in [0.3, 0.4) is 0 Å². The minimum Gasteiger partial charge on any atom is -0.385 e. The molecule has 0 bridgehead atoms. The number of hydrogen-bond donors (Lipinski definition) is 1.